The van der Waals surface area contributed by atoms with Crippen LogP contribution in [0.25, 0.3) is 0 Å². The van der Waals surface area contributed by atoms with Gasteiger partial charge in [-0.3, -0.25) is 9.59 Å². The van der Waals surface area contributed by atoms with E-state index in [2.05, 4.69) is 15.2 Å². The number of fused-ring (bicyclic) bond motifs is 2. The minimum atomic E-state index is -0.148. The van der Waals surface area contributed by atoms with Crippen LogP contribution in [0.2, 0.25) is 0 Å². The van der Waals surface area contributed by atoms with Gasteiger partial charge in [-0.1, -0.05) is 30.0 Å². The average Bonchev–Trinajstić information content (AvgIpc) is 2.94. The van der Waals surface area contributed by atoms with Crippen molar-refractivity contribution in [2.24, 2.45) is 0 Å². The number of anilines is 2. The number of nitrogens with one attached hydrogen (secondary N) is 1. The topological polar surface area (TPSA) is 65.5 Å². The zero-order valence-corrected chi connectivity index (χ0v) is 17.1. The second-order valence-electron chi connectivity index (χ2n) is 7.23. The molecule has 0 bridgehead atoms. The lowest BCUT2D eigenvalue weighted by molar-refractivity contribution is 0.0746. The SMILES string of the molecule is O=C1Nc2cc(C(=O)N3CCN(c4ccccn4)CC3)ccc2Sc2ccccc21. The number of aromatic nitrogens is 1. The van der Waals surface area contributed by atoms with Gasteiger partial charge in [0, 0.05) is 47.7 Å². The highest BCUT2D eigenvalue weighted by atomic mass is 32.2. The van der Waals surface area contributed by atoms with Crippen LogP contribution in [-0.4, -0.2) is 47.9 Å². The number of hydrogen-bond acceptors (Lipinski definition) is 5. The molecule has 0 radical (unpaired) electrons. The average molecular weight is 417 g/mol. The molecule has 2 aromatic carbocycles. The largest absolute Gasteiger partial charge is 0.353 e. The molecule has 5 rings (SSSR count). The van der Waals surface area contributed by atoms with Gasteiger partial charge in [0.05, 0.1) is 11.3 Å². The Morgan fingerprint density at radius 2 is 1.73 bits per heavy atom. The molecule has 150 valence electrons. The second kappa shape index (κ2) is 7.84. The molecule has 2 aliphatic rings. The predicted molar refractivity (Wildman–Crippen MR) is 117 cm³/mol. The lowest BCUT2D eigenvalue weighted by atomic mass is 10.1. The lowest BCUT2D eigenvalue weighted by Crippen LogP contribution is -2.49. The van der Waals surface area contributed by atoms with Crippen molar-refractivity contribution < 1.29 is 9.59 Å². The molecular weight excluding hydrogens is 396 g/mol. The zero-order chi connectivity index (χ0) is 20.5. The van der Waals surface area contributed by atoms with Crippen molar-refractivity contribution in [1.29, 1.82) is 0 Å². The van der Waals surface area contributed by atoms with Gasteiger partial charge >= 0.3 is 0 Å². The van der Waals surface area contributed by atoms with Crippen molar-refractivity contribution in [2.75, 3.05) is 36.4 Å². The summed E-state index contributed by atoms with van der Waals surface area (Å²) in [6.45, 7) is 2.77. The third kappa shape index (κ3) is 3.52. The van der Waals surface area contributed by atoms with Crippen molar-refractivity contribution in [1.82, 2.24) is 9.88 Å². The van der Waals surface area contributed by atoms with Crippen molar-refractivity contribution in [2.45, 2.75) is 9.79 Å². The van der Waals surface area contributed by atoms with Crippen molar-refractivity contribution >= 4 is 35.1 Å². The molecule has 2 amide bonds. The van der Waals surface area contributed by atoms with Gasteiger partial charge in [-0.05, 0) is 42.5 Å². The number of hydrogen-bond donors (Lipinski definition) is 1. The highest BCUT2D eigenvalue weighted by Gasteiger charge is 2.25. The van der Waals surface area contributed by atoms with Crippen molar-refractivity contribution in [3.8, 4) is 0 Å². The Hall–Kier alpha value is -3.32. The number of carbonyl (C=O) groups excluding carboxylic acids is 2. The smallest absolute Gasteiger partial charge is 0.256 e. The molecule has 30 heavy (non-hydrogen) atoms. The number of amides is 2. The summed E-state index contributed by atoms with van der Waals surface area (Å²) in [6, 6.07) is 18.9. The highest BCUT2D eigenvalue weighted by molar-refractivity contribution is 7.99. The van der Waals surface area contributed by atoms with Gasteiger partial charge in [-0.2, -0.15) is 0 Å². The van der Waals surface area contributed by atoms with Crippen LogP contribution in [0.15, 0.2) is 76.7 Å². The van der Waals surface area contributed by atoms with E-state index < -0.39 is 0 Å². The van der Waals surface area contributed by atoms with Crippen LogP contribution in [-0.2, 0) is 0 Å². The Morgan fingerprint density at radius 3 is 2.53 bits per heavy atom. The molecule has 1 saturated heterocycles. The standard InChI is InChI=1S/C23H20N4O2S/c28-22-17-5-1-2-6-19(17)30-20-9-8-16(15-18(20)25-22)23(29)27-13-11-26(12-14-27)21-7-3-4-10-24-21/h1-10,15H,11-14H2,(H,25,28). The Balaban J connectivity index is 1.32. The summed E-state index contributed by atoms with van der Waals surface area (Å²) in [4.78, 5) is 36.0. The summed E-state index contributed by atoms with van der Waals surface area (Å²) >= 11 is 1.54. The van der Waals surface area contributed by atoms with Crippen LogP contribution in [0.3, 0.4) is 0 Å². The van der Waals surface area contributed by atoms with E-state index in [0.717, 1.165) is 28.7 Å². The maximum Gasteiger partial charge on any atom is 0.256 e. The fourth-order valence-electron chi connectivity index (χ4n) is 3.76. The molecule has 0 aliphatic carbocycles. The lowest BCUT2D eigenvalue weighted by Gasteiger charge is -2.35. The Labute approximate surface area is 178 Å². The first-order valence-corrected chi connectivity index (χ1v) is 10.7. The van der Waals surface area contributed by atoms with E-state index in [1.165, 1.54) is 11.8 Å². The zero-order valence-electron chi connectivity index (χ0n) is 16.2. The molecule has 0 saturated carbocycles. The highest BCUT2D eigenvalue weighted by Crippen LogP contribution is 2.39. The Bertz CT molecular complexity index is 1110. The van der Waals surface area contributed by atoms with E-state index in [-0.39, 0.29) is 11.8 Å². The summed E-state index contributed by atoms with van der Waals surface area (Å²) in [6.07, 6.45) is 1.78. The summed E-state index contributed by atoms with van der Waals surface area (Å²) < 4.78 is 0. The van der Waals surface area contributed by atoms with Crippen LogP contribution in [0.1, 0.15) is 20.7 Å². The predicted octanol–water partition coefficient (Wildman–Crippen LogP) is 3.76. The van der Waals surface area contributed by atoms with E-state index in [4.69, 9.17) is 0 Å². The number of rotatable bonds is 2. The monoisotopic (exact) mass is 416 g/mol. The molecule has 0 unspecified atom stereocenters. The second-order valence-corrected chi connectivity index (χ2v) is 8.31. The quantitative estimate of drug-likeness (QED) is 0.689. The maximum atomic E-state index is 13.1. The van der Waals surface area contributed by atoms with Crippen LogP contribution >= 0.6 is 11.8 Å². The van der Waals surface area contributed by atoms with Gasteiger partial charge in [0.25, 0.3) is 11.8 Å². The molecule has 2 aliphatic heterocycles. The van der Waals surface area contributed by atoms with Gasteiger partial charge < -0.3 is 15.1 Å². The maximum absolute atomic E-state index is 13.1. The van der Waals surface area contributed by atoms with Crippen LogP contribution < -0.4 is 10.2 Å². The summed E-state index contributed by atoms with van der Waals surface area (Å²) in [5.41, 5.74) is 1.92. The molecule has 1 fully saturated rings. The van der Waals surface area contributed by atoms with Gasteiger partial charge in [-0.25, -0.2) is 4.98 Å². The summed E-state index contributed by atoms with van der Waals surface area (Å²) in [5, 5.41) is 2.96. The van der Waals surface area contributed by atoms with E-state index in [1.54, 1.807) is 12.3 Å². The van der Waals surface area contributed by atoms with Gasteiger partial charge in [0.1, 0.15) is 5.82 Å². The molecule has 7 heteroatoms. The number of carbonyl (C=O) groups is 2. The van der Waals surface area contributed by atoms with Crippen molar-refractivity contribution in [3.63, 3.8) is 0 Å². The molecule has 3 aromatic rings. The molecular formula is C23H20N4O2S. The molecule has 6 nitrogen and oxygen atoms in total. The Kier molecular flexibility index (Phi) is 4.88. The molecule has 1 N–H and O–H groups in total. The summed E-state index contributed by atoms with van der Waals surface area (Å²) in [7, 11) is 0. The van der Waals surface area contributed by atoms with Crippen molar-refractivity contribution in [3.05, 3.63) is 78.0 Å². The normalized spacial score (nSPS) is 15.7. The van der Waals surface area contributed by atoms with Crippen LogP contribution in [0, 0.1) is 0 Å². The third-order valence-corrected chi connectivity index (χ3v) is 6.52. The molecule has 1 aromatic heterocycles. The number of piperazine rings is 1. The fraction of sp³-hybridized carbons (Fsp3) is 0.174. The summed E-state index contributed by atoms with van der Waals surface area (Å²) in [5.74, 6) is 0.777. The van der Waals surface area contributed by atoms with E-state index >= 15 is 0 Å². The first kappa shape index (κ1) is 18.7. The first-order valence-electron chi connectivity index (χ1n) is 9.86. The van der Waals surface area contributed by atoms with E-state index in [1.807, 2.05) is 59.5 Å². The number of pyridine rings is 1. The fourth-order valence-corrected chi connectivity index (χ4v) is 4.77. The minimum Gasteiger partial charge on any atom is -0.353 e. The third-order valence-electron chi connectivity index (χ3n) is 5.37. The van der Waals surface area contributed by atoms with E-state index in [0.29, 0.717) is 29.9 Å². The number of benzene rings is 2. The van der Waals surface area contributed by atoms with E-state index in [9.17, 15) is 9.59 Å². The molecule has 3 heterocycles. The minimum absolute atomic E-state index is 0.0144. The molecule has 0 atom stereocenters. The Morgan fingerprint density at radius 1 is 0.933 bits per heavy atom. The number of nitrogens with zero attached hydrogens (tertiary/aromatic N) is 3. The van der Waals surface area contributed by atoms with Gasteiger partial charge in [0.15, 0.2) is 0 Å². The van der Waals surface area contributed by atoms with Crippen LogP contribution in [0.4, 0.5) is 11.5 Å². The molecule has 0 spiro atoms. The van der Waals surface area contributed by atoms with Gasteiger partial charge in [0.2, 0.25) is 0 Å². The van der Waals surface area contributed by atoms with Gasteiger partial charge in [-0.15, -0.1) is 0 Å². The first-order chi connectivity index (χ1) is 14.7. The van der Waals surface area contributed by atoms with Crippen LogP contribution in [0.5, 0.6) is 0 Å².